The Hall–Kier alpha value is -2.81. The number of ether oxygens (including phenoxy) is 1. The summed E-state index contributed by atoms with van der Waals surface area (Å²) in [5.74, 6) is -0.567. The maximum absolute atomic E-state index is 13.5. The summed E-state index contributed by atoms with van der Waals surface area (Å²) in [6.45, 7) is 6.67. The molecule has 0 aliphatic rings. The van der Waals surface area contributed by atoms with E-state index in [9.17, 15) is 19.0 Å². The van der Waals surface area contributed by atoms with E-state index in [4.69, 9.17) is 13.8 Å². The van der Waals surface area contributed by atoms with E-state index in [1.165, 1.54) is 89.9 Å². The zero-order chi connectivity index (χ0) is 53.6. The molecule has 0 rings (SSSR count). The SMILES string of the molecule is CC/C=C\C/C=C\C/C=C\C/C=C\C/C=C\CCCCCCCCCC(=O)OC(/C=C\CCCCCCCCCCCCC)C(COP(=O)([O-])OCC[N+](C)(C)C)NC(=O)CCCCCCC/C=C\CCCC. The lowest BCUT2D eigenvalue weighted by Gasteiger charge is -2.30. The fourth-order valence-electron chi connectivity index (χ4n) is 8.18. The molecule has 3 atom stereocenters. The van der Waals surface area contributed by atoms with Crippen molar-refractivity contribution in [1.29, 1.82) is 0 Å². The highest BCUT2D eigenvalue weighted by atomic mass is 31.2. The summed E-state index contributed by atoms with van der Waals surface area (Å²) in [4.78, 5) is 39.9. The standard InChI is InChI=1S/C63H113N2O7P/c1-7-10-13-16-19-22-25-27-28-29-30-31-32-33-34-35-36-38-41-44-47-50-53-56-63(67)72-61(54-51-48-45-42-40-37-26-23-20-17-14-11-8-2)60(59-71-73(68,69)70-58-57-65(4,5)6)64-62(66)55-52-49-46-43-39-24-21-18-15-12-9-3/h10,13,18-19,21-22,27-28,30-31,33-34,51,54,60-61H,7-9,11-12,14-17,20,23-26,29,32,35-50,52-53,55-59H2,1-6H3,(H-,64,66,68,69)/b13-10-,21-18-,22-19-,28-27-,31-30-,34-33-,54-51-. The van der Waals surface area contributed by atoms with Crippen molar-refractivity contribution in [2.75, 3.05) is 40.9 Å². The molecule has 1 N–H and O–H groups in total. The van der Waals surface area contributed by atoms with E-state index in [0.717, 1.165) is 122 Å². The number of hydrogen-bond acceptors (Lipinski definition) is 7. The fourth-order valence-corrected chi connectivity index (χ4v) is 8.90. The van der Waals surface area contributed by atoms with E-state index in [1.54, 1.807) is 0 Å². The molecule has 0 spiro atoms. The fraction of sp³-hybridized carbons (Fsp3) is 0.746. The molecule has 73 heavy (non-hydrogen) atoms. The van der Waals surface area contributed by atoms with E-state index >= 15 is 0 Å². The summed E-state index contributed by atoms with van der Waals surface area (Å²) in [7, 11) is 1.16. The number of allylic oxidation sites excluding steroid dienone is 13. The summed E-state index contributed by atoms with van der Waals surface area (Å²) in [6, 6.07) is -0.900. The van der Waals surface area contributed by atoms with Crippen LogP contribution < -0.4 is 10.2 Å². The molecule has 0 aliphatic heterocycles. The van der Waals surface area contributed by atoms with Crippen LogP contribution in [0.25, 0.3) is 0 Å². The Labute approximate surface area is 450 Å². The van der Waals surface area contributed by atoms with Gasteiger partial charge in [-0.3, -0.25) is 14.2 Å². The summed E-state index contributed by atoms with van der Waals surface area (Å²) in [6.07, 6.45) is 68.3. The average molecular weight is 1040 g/mol. The number of nitrogens with one attached hydrogen (secondary N) is 1. The molecule has 0 aromatic carbocycles. The smallest absolute Gasteiger partial charge is 0.306 e. The predicted molar refractivity (Wildman–Crippen MR) is 311 cm³/mol. The van der Waals surface area contributed by atoms with Crippen molar-refractivity contribution in [3.63, 3.8) is 0 Å². The average Bonchev–Trinajstić information content (AvgIpc) is 3.35. The summed E-state index contributed by atoms with van der Waals surface area (Å²) in [5.41, 5.74) is 0. The number of hydrogen-bond donors (Lipinski definition) is 1. The molecule has 0 saturated carbocycles. The van der Waals surface area contributed by atoms with Gasteiger partial charge in [-0.2, -0.15) is 0 Å². The van der Waals surface area contributed by atoms with Crippen molar-refractivity contribution in [2.24, 2.45) is 0 Å². The van der Waals surface area contributed by atoms with Crippen LogP contribution in [0.5, 0.6) is 0 Å². The monoisotopic (exact) mass is 1040 g/mol. The van der Waals surface area contributed by atoms with Crippen LogP contribution in [0.1, 0.15) is 252 Å². The number of esters is 1. The van der Waals surface area contributed by atoms with E-state index in [1.807, 2.05) is 33.3 Å². The Morgan fingerprint density at radius 2 is 0.890 bits per heavy atom. The van der Waals surface area contributed by atoms with E-state index in [2.05, 4.69) is 99.0 Å². The molecule has 0 aliphatic carbocycles. The minimum absolute atomic E-state index is 0.0289. The molecule has 0 fully saturated rings. The number of phosphoric ester groups is 1. The second-order valence-electron chi connectivity index (χ2n) is 21.1. The summed E-state index contributed by atoms with van der Waals surface area (Å²) >= 11 is 0. The van der Waals surface area contributed by atoms with Crippen LogP contribution in [-0.2, 0) is 27.9 Å². The minimum Gasteiger partial charge on any atom is -0.756 e. The first-order valence-corrected chi connectivity index (χ1v) is 31.4. The number of unbranched alkanes of at least 4 members (excludes halogenated alkanes) is 25. The van der Waals surface area contributed by atoms with Gasteiger partial charge in [-0.25, -0.2) is 0 Å². The van der Waals surface area contributed by atoms with Gasteiger partial charge in [0.05, 0.1) is 33.8 Å². The molecule has 0 bridgehead atoms. The van der Waals surface area contributed by atoms with E-state index < -0.39 is 26.6 Å². The first-order valence-electron chi connectivity index (χ1n) is 29.9. The van der Waals surface area contributed by atoms with Crippen LogP contribution in [0.4, 0.5) is 0 Å². The first kappa shape index (κ1) is 70.2. The number of rotatable bonds is 53. The topological polar surface area (TPSA) is 114 Å². The second-order valence-corrected chi connectivity index (χ2v) is 22.5. The molecule has 0 heterocycles. The maximum Gasteiger partial charge on any atom is 0.306 e. The Morgan fingerprint density at radius 3 is 1.37 bits per heavy atom. The highest BCUT2D eigenvalue weighted by Crippen LogP contribution is 2.38. The van der Waals surface area contributed by atoms with Gasteiger partial charge < -0.3 is 28.5 Å². The lowest BCUT2D eigenvalue weighted by Crippen LogP contribution is -2.47. The van der Waals surface area contributed by atoms with Gasteiger partial charge in [0.25, 0.3) is 7.82 Å². The molecule has 0 aromatic rings. The third-order valence-corrected chi connectivity index (χ3v) is 13.8. The van der Waals surface area contributed by atoms with Gasteiger partial charge in [-0.15, -0.1) is 0 Å². The number of phosphoric acid groups is 1. The zero-order valence-corrected chi connectivity index (χ0v) is 49.0. The maximum atomic E-state index is 13.5. The Kier molecular flexibility index (Phi) is 50.6. The second kappa shape index (κ2) is 52.6. The molecular weight excluding hydrogens is 928 g/mol. The molecule has 0 radical (unpaired) electrons. The van der Waals surface area contributed by atoms with Gasteiger partial charge in [0.1, 0.15) is 19.3 Å². The van der Waals surface area contributed by atoms with Gasteiger partial charge in [0, 0.05) is 12.8 Å². The van der Waals surface area contributed by atoms with Crippen molar-refractivity contribution < 1.29 is 37.3 Å². The lowest BCUT2D eigenvalue weighted by atomic mass is 10.0. The van der Waals surface area contributed by atoms with Crippen molar-refractivity contribution in [2.45, 2.75) is 264 Å². The van der Waals surface area contributed by atoms with Gasteiger partial charge in [0.15, 0.2) is 0 Å². The van der Waals surface area contributed by atoms with Gasteiger partial charge in [-0.05, 0) is 96.0 Å². The quantitative estimate of drug-likeness (QED) is 0.0212. The number of amides is 1. The van der Waals surface area contributed by atoms with Gasteiger partial charge in [0.2, 0.25) is 5.91 Å². The Balaban J connectivity index is 5.25. The molecule has 3 unspecified atom stereocenters. The van der Waals surface area contributed by atoms with Gasteiger partial charge >= 0.3 is 5.97 Å². The number of quaternary nitrogens is 1. The summed E-state index contributed by atoms with van der Waals surface area (Å²) in [5, 5.41) is 3.01. The van der Waals surface area contributed by atoms with Crippen molar-refractivity contribution in [3.8, 4) is 0 Å². The highest BCUT2D eigenvalue weighted by Gasteiger charge is 2.27. The Bertz CT molecular complexity index is 1530. The normalized spacial score (nSPS) is 14.3. The lowest BCUT2D eigenvalue weighted by molar-refractivity contribution is -0.870. The summed E-state index contributed by atoms with van der Waals surface area (Å²) < 4.78 is 30.2. The third kappa shape index (κ3) is 53.8. The number of nitrogens with zero attached hydrogens (tertiary/aromatic N) is 1. The molecule has 422 valence electrons. The molecule has 9 nitrogen and oxygen atoms in total. The number of likely N-dealkylation sites (N-methyl/N-ethyl adjacent to an activating group) is 1. The number of carbonyl (C=O) groups excluding carboxylic acids is 2. The minimum atomic E-state index is -4.70. The van der Waals surface area contributed by atoms with Crippen LogP contribution in [0, 0.1) is 0 Å². The third-order valence-electron chi connectivity index (χ3n) is 12.8. The molecule has 0 saturated heterocycles. The number of carbonyl (C=O) groups is 2. The van der Waals surface area contributed by atoms with E-state index in [-0.39, 0.29) is 24.9 Å². The highest BCUT2D eigenvalue weighted by molar-refractivity contribution is 7.45. The van der Waals surface area contributed by atoms with Crippen molar-refractivity contribution in [1.82, 2.24) is 5.32 Å². The molecular formula is C63H113N2O7P. The zero-order valence-electron chi connectivity index (χ0n) is 48.1. The van der Waals surface area contributed by atoms with Crippen LogP contribution in [0.3, 0.4) is 0 Å². The van der Waals surface area contributed by atoms with Crippen molar-refractivity contribution >= 4 is 19.7 Å². The largest absolute Gasteiger partial charge is 0.756 e. The van der Waals surface area contributed by atoms with Gasteiger partial charge in [-0.1, -0.05) is 228 Å². The molecule has 0 aromatic heterocycles. The Morgan fingerprint density at radius 1 is 0.493 bits per heavy atom. The molecule has 1 amide bonds. The van der Waals surface area contributed by atoms with Crippen LogP contribution in [-0.4, -0.2) is 69.4 Å². The van der Waals surface area contributed by atoms with Crippen molar-refractivity contribution in [3.05, 3.63) is 85.1 Å². The van der Waals surface area contributed by atoms with Crippen LogP contribution in [0.2, 0.25) is 0 Å². The predicted octanol–water partition coefficient (Wildman–Crippen LogP) is 17.6. The first-order chi connectivity index (χ1) is 35.4. The molecule has 10 heteroatoms. The van der Waals surface area contributed by atoms with Crippen LogP contribution >= 0.6 is 7.82 Å². The van der Waals surface area contributed by atoms with E-state index in [0.29, 0.717) is 23.9 Å². The van der Waals surface area contributed by atoms with Crippen LogP contribution in [0.15, 0.2) is 85.1 Å².